The van der Waals surface area contributed by atoms with Gasteiger partial charge in [-0.15, -0.1) is 0 Å². The van der Waals surface area contributed by atoms with Gasteiger partial charge in [0.15, 0.2) is 0 Å². The summed E-state index contributed by atoms with van der Waals surface area (Å²) in [5, 5.41) is 5.44. The van der Waals surface area contributed by atoms with Crippen LogP contribution in [0.1, 0.15) is 38.1 Å². The normalized spacial score (nSPS) is 10.9. The van der Waals surface area contributed by atoms with Crippen molar-refractivity contribution in [2.75, 3.05) is 0 Å². The molecule has 0 atom stereocenters. The van der Waals surface area contributed by atoms with Gasteiger partial charge in [-0.05, 0) is 38.5 Å². The smallest absolute Gasteiger partial charge is 0.404 e. The van der Waals surface area contributed by atoms with Crippen LogP contribution in [0.25, 0.3) is 0 Å². The van der Waals surface area contributed by atoms with E-state index in [4.69, 9.17) is 38.4 Å². The summed E-state index contributed by atoms with van der Waals surface area (Å²) in [6.45, 7) is 5.91. The zero-order valence-electron chi connectivity index (χ0n) is 13.7. The maximum Gasteiger partial charge on any atom is 0.404 e. The Bertz CT molecular complexity index is 724. The second-order valence-electron chi connectivity index (χ2n) is 5.44. The Morgan fingerprint density at radius 1 is 1.29 bits per heavy atom. The molecule has 0 radical (unpaired) electrons. The van der Waals surface area contributed by atoms with E-state index >= 15 is 0 Å². The molecule has 0 unspecified atom stereocenters. The Labute approximate surface area is 150 Å². The third kappa shape index (κ3) is 4.33. The third-order valence-electron chi connectivity index (χ3n) is 3.29. The number of nitrogens with two attached hydrogens (primary N) is 1. The monoisotopic (exact) mass is 371 g/mol. The van der Waals surface area contributed by atoms with Crippen LogP contribution in [0, 0.1) is 0 Å². The molecule has 0 aliphatic carbocycles. The van der Waals surface area contributed by atoms with Gasteiger partial charge < -0.3 is 15.2 Å². The van der Waals surface area contributed by atoms with E-state index in [1.54, 1.807) is 22.9 Å². The predicted molar refractivity (Wildman–Crippen MR) is 92.9 cm³/mol. The molecular formula is C16H19Cl2N3O3. The zero-order valence-corrected chi connectivity index (χ0v) is 15.2. The fraction of sp³-hybridized carbons (Fsp3) is 0.375. The standard InChI is InChI=1S/C16H19Cl2N3O3/c1-4-13-14(8-23-16(19)22)20-21(9(2)3)15(13)24-12-6-10(17)5-11(18)7-12/h5-7,9H,4,8H2,1-3H3,(H2,19,22). The molecule has 2 aromatic rings. The molecule has 0 saturated heterocycles. The quantitative estimate of drug-likeness (QED) is 0.796. The highest BCUT2D eigenvalue weighted by Gasteiger charge is 2.21. The number of aromatic nitrogens is 2. The summed E-state index contributed by atoms with van der Waals surface area (Å²) < 4.78 is 12.6. The number of nitrogens with zero attached hydrogens (tertiary/aromatic N) is 2. The lowest BCUT2D eigenvalue weighted by Gasteiger charge is -2.13. The summed E-state index contributed by atoms with van der Waals surface area (Å²) >= 11 is 12.0. The van der Waals surface area contributed by atoms with E-state index in [0.29, 0.717) is 33.8 Å². The zero-order chi connectivity index (χ0) is 17.9. The van der Waals surface area contributed by atoms with E-state index < -0.39 is 6.09 Å². The SMILES string of the molecule is CCc1c(COC(N)=O)nn(C(C)C)c1Oc1cc(Cl)cc(Cl)c1. The number of carbonyl (C=O) groups excluding carboxylic acids is 1. The number of benzene rings is 1. The maximum atomic E-state index is 10.9. The number of hydrogen-bond donors (Lipinski definition) is 1. The Morgan fingerprint density at radius 3 is 2.42 bits per heavy atom. The molecule has 0 bridgehead atoms. The van der Waals surface area contributed by atoms with Gasteiger partial charge in [-0.1, -0.05) is 30.1 Å². The second-order valence-corrected chi connectivity index (χ2v) is 6.31. The van der Waals surface area contributed by atoms with Crippen molar-refractivity contribution in [1.82, 2.24) is 9.78 Å². The molecule has 1 aromatic heterocycles. The van der Waals surface area contributed by atoms with Gasteiger partial charge in [0.25, 0.3) is 0 Å². The van der Waals surface area contributed by atoms with E-state index in [1.807, 2.05) is 20.8 Å². The van der Waals surface area contributed by atoms with Gasteiger partial charge in [-0.2, -0.15) is 5.10 Å². The van der Waals surface area contributed by atoms with E-state index in [1.165, 1.54) is 0 Å². The predicted octanol–water partition coefficient (Wildman–Crippen LogP) is 4.72. The fourth-order valence-electron chi connectivity index (χ4n) is 2.27. The second kappa shape index (κ2) is 7.77. The van der Waals surface area contributed by atoms with Crippen molar-refractivity contribution in [2.45, 2.75) is 39.8 Å². The van der Waals surface area contributed by atoms with Crippen LogP contribution >= 0.6 is 23.2 Å². The molecule has 2 N–H and O–H groups in total. The number of carbonyl (C=O) groups is 1. The van der Waals surface area contributed by atoms with E-state index in [2.05, 4.69) is 5.10 Å². The number of halogens is 2. The highest BCUT2D eigenvalue weighted by Crippen LogP contribution is 2.33. The first-order valence-corrected chi connectivity index (χ1v) is 8.23. The van der Waals surface area contributed by atoms with E-state index in [0.717, 1.165) is 5.56 Å². The van der Waals surface area contributed by atoms with Gasteiger partial charge in [0, 0.05) is 15.6 Å². The highest BCUT2D eigenvalue weighted by atomic mass is 35.5. The molecule has 24 heavy (non-hydrogen) atoms. The number of rotatable bonds is 6. The van der Waals surface area contributed by atoms with Crippen molar-refractivity contribution in [3.63, 3.8) is 0 Å². The fourth-order valence-corrected chi connectivity index (χ4v) is 2.77. The lowest BCUT2D eigenvalue weighted by molar-refractivity contribution is 0.148. The van der Waals surface area contributed by atoms with Crippen LogP contribution in [0.4, 0.5) is 4.79 Å². The van der Waals surface area contributed by atoms with Crippen LogP contribution < -0.4 is 10.5 Å². The Morgan fingerprint density at radius 2 is 1.92 bits per heavy atom. The highest BCUT2D eigenvalue weighted by molar-refractivity contribution is 6.34. The average molecular weight is 372 g/mol. The molecule has 130 valence electrons. The first kappa shape index (κ1) is 18.4. The molecule has 0 fully saturated rings. The van der Waals surface area contributed by atoms with Crippen LogP contribution in [0.5, 0.6) is 11.6 Å². The lowest BCUT2D eigenvalue weighted by atomic mass is 10.2. The number of hydrogen-bond acceptors (Lipinski definition) is 4. The molecule has 1 amide bonds. The van der Waals surface area contributed by atoms with Crippen molar-refractivity contribution in [3.05, 3.63) is 39.5 Å². The van der Waals surface area contributed by atoms with Crippen LogP contribution in [-0.4, -0.2) is 15.9 Å². The minimum Gasteiger partial charge on any atom is -0.443 e. The first-order chi connectivity index (χ1) is 11.3. The Balaban J connectivity index is 2.43. The molecule has 2 rings (SSSR count). The van der Waals surface area contributed by atoms with Crippen molar-refractivity contribution < 1.29 is 14.3 Å². The van der Waals surface area contributed by atoms with Crippen molar-refractivity contribution in [2.24, 2.45) is 5.73 Å². The van der Waals surface area contributed by atoms with Gasteiger partial charge in [-0.25, -0.2) is 9.48 Å². The molecule has 0 spiro atoms. The minimum absolute atomic E-state index is 0.00904. The van der Waals surface area contributed by atoms with Gasteiger partial charge in [0.2, 0.25) is 5.88 Å². The maximum absolute atomic E-state index is 10.9. The van der Waals surface area contributed by atoms with Crippen molar-refractivity contribution >= 4 is 29.3 Å². The van der Waals surface area contributed by atoms with Crippen molar-refractivity contribution in [1.29, 1.82) is 0 Å². The summed E-state index contributed by atoms with van der Waals surface area (Å²) in [5.41, 5.74) is 6.48. The van der Waals surface area contributed by atoms with Crippen LogP contribution in [0.2, 0.25) is 10.0 Å². The van der Waals surface area contributed by atoms with E-state index in [-0.39, 0.29) is 12.6 Å². The molecule has 0 saturated carbocycles. The van der Waals surface area contributed by atoms with Crippen LogP contribution in [-0.2, 0) is 17.8 Å². The van der Waals surface area contributed by atoms with Gasteiger partial charge >= 0.3 is 6.09 Å². The summed E-state index contributed by atoms with van der Waals surface area (Å²) in [4.78, 5) is 10.9. The van der Waals surface area contributed by atoms with Crippen LogP contribution in [0.3, 0.4) is 0 Å². The molecule has 1 heterocycles. The average Bonchev–Trinajstić information content (AvgIpc) is 2.81. The molecule has 6 nitrogen and oxygen atoms in total. The summed E-state index contributed by atoms with van der Waals surface area (Å²) in [7, 11) is 0. The molecular weight excluding hydrogens is 353 g/mol. The summed E-state index contributed by atoms with van der Waals surface area (Å²) in [5.74, 6) is 1.07. The van der Waals surface area contributed by atoms with Gasteiger partial charge in [0.1, 0.15) is 18.1 Å². The first-order valence-electron chi connectivity index (χ1n) is 7.48. The third-order valence-corrected chi connectivity index (χ3v) is 3.72. The summed E-state index contributed by atoms with van der Waals surface area (Å²) in [6, 6.07) is 5.01. The largest absolute Gasteiger partial charge is 0.443 e. The Kier molecular flexibility index (Phi) is 5.96. The number of primary amides is 1. The summed E-state index contributed by atoms with van der Waals surface area (Å²) in [6.07, 6.45) is -0.200. The van der Waals surface area contributed by atoms with Gasteiger partial charge in [0.05, 0.1) is 6.04 Å². The molecule has 0 aliphatic heterocycles. The number of ether oxygens (including phenoxy) is 2. The number of amides is 1. The van der Waals surface area contributed by atoms with Crippen LogP contribution in [0.15, 0.2) is 18.2 Å². The molecule has 0 aliphatic rings. The van der Waals surface area contributed by atoms with Gasteiger partial charge in [-0.3, -0.25) is 0 Å². The topological polar surface area (TPSA) is 79.4 Å². The molecule has 1 aromatic carbocycles. The van der Waals surface area contributed by atoms with Crippen molar-refractivity contribution in [3.8, 4) is 11.6 Å². The molecule has 8 heteroatoms. The lowest BCUT2D eigenvalue weighted by Crippen LogP contribution is -2.13. The van der Waals surface area contributed by atoms with E-state index in [9.17, 15) is 4.79 Å². The Hall–Kier alpha value is -1.92. The minimum atomic E-state index is -0.847.